The third kappa shape index (κ3) is 2.07. The Balaban J connectivity index is 2.18. The van der Waals surface area contributed by atoms with Crippen molar-refractivity contribution in [2.24, 2.45) is 5.41 Å². The summed E-state index contributed by atoms with van der Waals surface area (Å²) in [5.74, 6) is -0.0706. The van der Waals surface area contributed by atoms with E-state index in [4.69, 9.17) is 0 Å². The van der Waals surface area contributed by atoms with Gasteiger partial charge in [-0.3, -0.25) is 9.69 Å². The van der Waals surface area contributed by atoms with Crippen molar-refractivity contribution in [1.29, 1.82) is 0 Å². The molecular weight excluding hydrogens is 258 g/mol. The zero-order chi connectivity index (χ0) is 15.0. The Morgan fingerprint density at radius 3 is 2.33 bits per heavy atom. The predicted molar refractivity (Wildman–Crippen MR) is 86.7 cm³/mol. The second kappa shape index (κ2) is 4.88. The summed E-state index contributed by atoms with van der Waals surface area (Å²) in [5.41, 5.74) is 2.69. The molecule has 0 saturated heterocycles. The van der Waals surface area contributed by atoms with Crippen molar-refractivity contribution >= 4 is 17.3 Å². The molecule has 0 aliphatic carbocycles. The Hall–Kier alpha value is -2.35. The Kier molecular flexibility index (Phi) is 3.17. The first-order valence-electron chi connectivity index (χ1n) is 7.18. The van der Waals surface area contributed by atoms with Crippen LogP contribution in [-0.4, -0.2) is 5.91 Å². The summed E-state index contributed by atoms with van der Waals surface area (Å²) in [7, 11) is 0. The van der Waals surface area contributed by atoms with Crippen LogP contribution in [0, 0.1) is 5.41 Å². The van der Waals surface area contributed by atoms with Gasteiger partial charge in [0.15, 0.2) is 0 Å². The molecule has 1 aliphatic rings. The van der Waals surface area contributed by atoms with E-state index in [1.165, 1.54) is 0 Å². The molecule has 0 spiro atoms. The van der Waals surface area contributed by atoms with Crippen LogP contribution in [0.4, 0.5) is 11.4 Å². The fourth-order valence-electron chi connectivity index (χ4n) is 3.00. The van der Waals surface area contributed by atoms with Crippen LogP contribution in [-0.2, 0) is 4.79 Å². The molecule has 2 nitrogen and oxygen atoms in total. The summed E-state index contributed by atoms with van der Waals surface area (Å²) in [6.45, 7) is 8.04. The fraction of sp³-hybridized carbons (Fsp3) is 0.211. The van der Waals surface area contributed by atoms with Crippen LogP contribution >= 0.6 is 0 Å². The predicted octanol–water partition coefficient (Wildman–Crippen LogP) is 4.66. The lowest BCUT2D eigenvalue weighted by atomic mass is 9.76. The van der Waals surface area contributed by atoms with Gasteiger partial charge in [0.1, 0.15) is 0 Å². The Morgan fingerprint density at radius 2 is 1.67 bits per heavy atom. The van der Waals surface area contributed by atoms with Crippen molar-refractivity contribution in [3.63, 3.8) is 0 Å². The molecule has 0 N–H and O–H groups in total. The van der Waals surface area contributed by atoms with Crippen molar-refractivity contribution in [1.82, 2.24) is 0 Å². The number of benzene rings is 2. The molecule has 3 rings (SSSR count). The highest BCUT2D eigenvalue weighted by molar-refractivity contribution is 6.10. The number of para-hydroxylation sites is 2. The van der Waals surface area contributed by atoms with Gasteiger partial charge in [0.25, 0.3) is 0 Å². The zero-order valence-electron chi connectivity index (χ0n) is 12.4. The van der Waals surface area contributed by atoms with Gasteiger partial charge in [0, 0.05) is 5.69 Å². The molecule has 1 aliphatic heterocycles. The van der Waals surface area contributed by atoms with Crippen LogP contribution in [0.25, 0.3) is 0 Å². The lowest BCUT2D eigenvalue weighted by molar-refractivity contribution is -0.120. The second-order valence-corrected chi connectivity index (χ2v) is 6.03. The van der Waals surface area contributed by atoms with E-state index in [1.807, 2.05) is 65.6 Å². The third-order valence-corrected chi connectivity index (χ3v) is 4.24. The molecule has 0 fully saturated rings. The van der Waals surface area contributed by atoms with E-state index < -0.39 is 0 Å². The smallest absolute Gasteiger partial charge is 0.240 e. The van der Waals surface area contributed by atoms with E-state index in [-0.39, 0.29) is 17.2 Å². The molecule has 21 heavy (non-hydrogen) atoms. The number of hydrogen-bond acceptors (Lipinski definition) is 1. The van der Waals surface area contributed by atoms with Gasteiger partial charge in [-0.25, -0.2) is 0 Å². The van der Waals surface area contributed by atoms with Gasteiger partial charge in [-0.05, 0) is 29.2 Å². The molecule has 0 aromatic heterocycles. The quantitative estimate of drug-likeness (QED) is 0.747. The van der Waals surface area contributed by atoms with Gasteiger partial charge >= 0.3 is 0 Å². The normalized spacial score (nSPS) is 17.7. The first-order chi connectivity index (χ1) is 10.1. The maximum absolute atomic E-state index is 13.0. The first kappa shape index (κ1) is 13.6. The van der Waals surface area contributed by atoms with Crippen LogP contribution < -0.4 is 4.90 Å². The standard InChI is InChI=1S/C19H19NO/c1-4-19(2,3)17-15-12-8-9-13-16(15)20(18(17)21)14-10-6-5-7-11-14/h4-13,17H,1H2,2-3H3. The Bertz CT molecular complexity index is 688. The van der Waals surface area contributed by atoms with Gasteiger partial charge in [0.2, 0.25) is 5.91 Å². The highest BCUT2D eigenvalue weighted by Gasteiger charge is 2.44. The third-order valence-electron chi connectivity index (χ3n) is 4.24. The van der Waals surface area contributed by atoms with E-state index >= 15 is 0 Å². The molecule has 1 unspecified atom stereocenters. The molecule has 2 aromatic carbocycles. The van der Waals surface area contributed by atoms with Crippen molar-refractivity contribution in [3.05, 3.63) is 72.8 Å². The topological polar surface area (TPSA) is 20.3 Å². The Morgan fingerprint density at radius 1 is 1.05 bits per heavy atom. The highest BCUT2D eigenvalue weighted by atomic mass is 16.2. The van der Waals surface area contributed by atoms with Crippen LogP contribution in [0.15, 0.2) is 67.3 Å². The summed E-state index contributed by atoms with van der Waals surface area (Å²) in [6, 6.07) is 17.8. The number of carbonyl (C=O) groups excluding carboxylic acids is 1. The van der Waals surface area contributed by atoms with Crippen LogP contribution in [0.5, 0.6) is 0 Å². The van der Waals surface area contributed by atoms with Gasteiger partial charge < -0.3 is 0 Å². The number of allylic oxidation sites excluding steroid dienone is 1. The average molecular weight is 277 g/mol. The first-order valence-corrected chi connectivity index (χ1v) is 7.18. The minimum Gasteiger partial charge on any atom is -0.280 e. The summed E-state index contributed by atoms with van der Waals surface area (Å²) < 4.78 is 0. The highest BCUT2D eigenvalue weighted by Crippen LogP contribution is 2.49. The lowest BCUT2D eigenvalue weighted by Crippen LogP contribution is -2.31. The molecule has 0 bridgehead atoms. The number of nitrogens with zero attached hydrogens (tertiary/aromatic N) is 1. The second-order valence-electron chi connectivity index (χ2n) is 6.03. The monoisotopic (exact) mass is 277 g/mol. The maximum atomic E-state index is 13.0. The number of fused-ring (bicyclic) bond motifs is 1. The number of amides is 1. The molecule has 1 amide bonds. The molecule has 106 valence electrons. The maximum Gasteiger partial charge on any atom is 0.240 e. The number of rotatable bonds is 3. The molecule has 0 saturated carbocycles. The van der Waals surface area contributed by atoms with E-state index in [0.29, 0.717) is 0 Å². The number of hydrogen-bond donors (Lipinski definition) is 0. The van der Waals surface area contributed by atoms with E-state index in [0.717, 1.165) is 16.9 Å². The van der Waals surface area contributed by atoms with Crippen molar-refractivity contribution in [2.75, 3.05) is 4.90 Å². The van der Waals surface area contributed by atoms with Gasteiger partial charge in [-0.1, -0.05) is 56.3 Å². The molecule has 2 aromatic rings. The average Bonchev–Trinajstić information content (AvgIpc) is 2.80. The molecule has 1 heterocycles. The molecule has 1 atom stereocenters. The fourth-order valence-corrected chi connectivity index (χ4v) is 3.00. The molecule has 0 radical (unpaired) electrons. The van der Waals surface area contributed by atoms with Crippen LogP contribution in [0.3, 0.4) is 0 Å². The largest absolute Gasteiger partial charge is 0.280 e. The van der Waals surface area contributed by atoms with Crippen LogP contribution in [0.1, 0.15) is 25.3 Å². The van der Waals surface area contributed by atoms with Gasteiger partial charge in [-0.15, -0.1) is 6.58 Å². The van der Waals surface area contributed by atoms with E-state index in [2.05, 4.69) is 20.4 Å². The Labute approximate surface area is 125 Å². The minimum absolute atomic E-state index is 0.118. The minimum atomic E-state index is -0.281. The SMILES string of the molecule is C=CC(C)(C)C1C(=O)N(c2ccccc2)c2ccccc21. The summed E-state index contributed by atoms with van der Waals surface area (Å²) in [6.07, 6.45) is 1.88. The van der Waals surface area contributed by atoms with E-state index in [9.17, 15) is 4.79 Å². The van der Waals surface area contributed by atoms with E-state index in [1.54, 1.807) is 0 Å². The van der Waals surface area contributed by atoms with Crippen LogP contribution in [0.2, 0.25) is 0 Å². The van der Waals surface area contributed by atoms with Gasteiger partial charge in [-0.2, -0.15) is 0 Å². The van der Waals surface area contributed by atoms with Crippen molar-refractivity contribution < 1.29 is 4.79 Å². The lowest BCUT2D eigenvalue weighted by Gasteiger charge is -2.27. The zero-order valence-corrected chi connectivity index (χ0v) is 12.4. The number of anilines is 2. The van der Waals surface area contributed by atoms with Crippen molar-refractivity contribution in [3.8, 4) is 0 Å². The summed E-state index contributed by atoms with van der Waals surface area (Å²) in [5, 5.41) is 0. The van der Waals surface area contributed by atoms with Gasteiger partial charge in [0.05, 0.1) is 11.6 Å². The molecule has 2 heteroatoms. The summed E-state index contributed by atoms with van der Waals surface area (Å²) in [4.78, 5) is 14.9. The summed E-state index contributed by atoms with van der Waals surface area (Å²) >= 11 is 0. The van der Waals surface area contributed by atoms with Crippen molar-refractivity contribution in [2.45, 2.75) is 19.8 Å². The molecular formula is C19H19NO. The number of carbonyl (C=O) groups is 1.